The summed E-state index contributed by atoms with van der Waals surface area (Å²) in [6.07, 6.45) is 8.60. The van der Waals surface area contributed by atoms with Gasteiger partial charge in [-0.05, 0) is 37.8 Å². The van der Waals surface area contributed by atoms with Gasteiger partial charge in [0.1, 0.15) is 11.4 Å². The quantitative estimate of drug-likeness (QED) is 0.900. The molecule has 0 radical (unpaired) electrons. The monoisotopic (exact) mass is 246 g/mol. The molecule has 1 aliphatic rings. The van der Waals surface area contributed by atoms with E-state index in [-0.39, 0.29) is 0 Å². The smallest absolute Gasteiger partial charge is 0.139 e. The lowest BCUT2D eigenvalue weighted by molar-refractivity contribution is 0.0134. The van der Waals surface area contributed by atoms with Gasteiger partial charge in [0.15, 0.2) is 0 Å². The van der Waals surface area contributed by atoms with Gasteiger partial charge in [-0.1, -0.05) is 0 Å². The minimum absolute atomic E-state index is 0.412. The Morgan fingerprint density at radius 2 is 2.33 bits per heavy atom. The molecule has 3 rings (SSSR count). The fraction of sp³-hybridized carbons (Fsp3) is 0.500. The van der Waals surface area contributed by atoms with E-state index in [2.05, 4.69) is 10.3 Å². The Morgan fingerprint density at radius 3 is 3.22 bits per heavy atom. The first-order chi connectivity index (χ1) is 8.93. The van der Waals surface area contributed by atoms with Crippen molar-refractivity contribution in [1.82, 2.24) is 4.98 Å². The molecule has 0 bridgehead atoms. The van der Waals surface area contributed by atoms with Crippen LogP contribution in [-0.2, 0) is 4.74 Å². The van der Waals surface area contributed by atoms with Crippen LogP contribution >= 0.6 is 0 Å². The number of ether oxygens (including phenoxy) is 1. The van der Waals surface area contributed by atoms with Crippen molar-refractivity contribution in [3.05, 3.63) is 24.6 Å². The zero-order chi connectivity index (χ0) is 12.2. The summed E-state index contributed by atoms with van der Waals surface area (Å²) in [7, 11) is 0. The van der Waals surface area contributed by atoms with Crippen LogP contribution in [0.2, 0.25) is 0 Å². The maximum absolute atomic E-state index is 5.71. The molecular formula is C14H18N2O2. The molecule has 18 heavy (non-hydrogen) atoms. The lowest BCUT2D eigenvalue weighted by Crippen LogP contribution is -2.22. The van der Waals surface area contributed by atoms with E-state index in [9.17, 15) is 0 Å². The molecule has 1 fully saturated rings. The molecule has 1 aliphatic heterocycles. The second-order valence-corrected chi connectivity index (χ2v) is 4.70. The topological polar surface area (TPSA) is 47.3 Å². The van der Waals surface area contributed by atoms with E-state index in [1.54, 1.807) is 12.5 Å². The average Bonchev–Trinajstić information content (AvgIpc) is 2.89. The number of hydrogen-bond acceptors (Lipinski definition) is 4. The summed E-state index contributed by atoms with van der Waals surface area (Å²) in [6, 6.07) is 3.83. The van der Waals surface area contributed by atoms with Crippen LogP contribution in [0.1, 0.15) is 25.7 Å². The Labute approximate surface area is 106 Å². The maximum atomic E-state index is 5.71. The second-order valence-electron chi connectivity index (χ2n) is 4.70. The van der Waals surface area contributed by atoms with Crippen LogP contribution in [0.3, 0.4) is 0 Å². The number of hydrogen-bond donors (Lipinski definition) is 1. The maximum Gasteiger partial charge on any atom is 0.139 e. The molecule has 4 nitrogen and oxygen atoms in total. The highest BCUT2D eigenvalue weighted by molar-refractivity contribution is 5.87. The van der Waals surface area contributed by atoms with Gasteiger partial charge in [0, 0.05) is 19.3 Å². The Kier molecular flexibility index (Phi) is 3.46. The molecule has 0 amide bonds. The number of pyridine rings is 1. The van der Waals surface area contributed by atoms with E-state index < -0.39 is 0 Å². The zero-order valence-electron chi connectivity index (χ0n) is 10.4. The van der Waals surface area contributed by atoms with Gasteiger partial charge >= 0.3 is 0 Å². The first kappa shape index (κ1) is 11.5. The fourth-order valence-electron chi connectivity index (χ4n) is 2.42. The molecule has 0 aliphatic carbocycles. The highest BCUT2D eigenvalue weighted by atomic mass is 16.5. The summed E-state index contributed by atoms with van der Waals surface area (Å²) in [4.78, 5) is 4.35. The van der Waals surface area contributed by atoms with Gasteiger partial charge in [-0.2, -0.15) is 0 Å². The molecule has 1 saturated heterocycles. The molecule has 1 N–H and O–H groups in total. The SMILES string of the molecule is c1cc2occc2c(NCCC2CCCCO2)n1. The summed E-state index contributed by atoms with van der Waals surface area (Å²) in [5.41, 5.74) is 0.876. The minimum atomic E-state index is 0.412. The molecule has 1 unspecified atom stereocenters. The number of aromatic nitrogens is 1. The molecule has 3 heterocycles. The van der Waals surface area contributed by atoms with Gasteiger partial charge in [-0.15, -0.1) is 0 Å². The lowest BCUT2D eigenvalue weighted by Gasteiger charge is -2.22. The van der Waals surface area contributed by atoms with Crippen LogP contribution in [0, 0.1) is 0 Å². The Balaban J connectivity index is 1.57. The van der Waals surface area contributed by atoms with Gasteiger partial charge in [0.25, 0.3) is 0 Å². The van der Waals surface area contributed by atoms with Crippen LogP contribution in [0.4, 0.5) is 5.82 Å². The van der Waals surface area contributed by atoms with Gasteiger partial charge in [-0.3, -0.25) is 0 Å². The highest BCUT2D eigenvalue weighted by Crippen LogP contribution is 2.22. The van der Waals surface area contributed by atoms with Gasteiger partial charge < -0.3 is 14.5 Å². The van der Waals surface area contributed by atoms with Gasteiger partial charge in [-0.25, -0.2) is 4.98 Å². The standard InChI is InChI=1S/C14H18N2O2/c1-2-9-17-11(3-1)4-7-15-14-12-6-10-18-13(12)5-8-16-14/h5-6,8,10-11H,1-4,7,9H2,(H,15,16). The van der Waals surface area contributed by atoms with E-state index in [0.717, 1.165) is 36.4 Å². The summed E-state index contributed by atoms with van der Waals surface area (Å²) < 4.78 is 11.1. The summed E-state index contributed by atoms with van der Waals surface area (Å²) in [6.45, 7) is 1.81. The zero-order valence-corrected chi connectivity index (χ0v) is 10.4. The summed E-state index contributed by atoms with van der Waals surface area (Å²) in [5.74, 6) is 0.900. The Morgan fingerprint density at radius 1 is 1.33 bits per heavy atom. The van der Waals surface area contributed by atoms with Gasteiger partial charge in [0.05, 0.1) is 17.8 Å². The molecular weight excluding hydrogens is 228 g/mol. The van der Waals surface area contributed by atoms with Crippen LogP contribution in [-0.4, -0.2) is 24.2 Å². The molecule has 0 spiro atoms. The van der Waals surface area contributed by atoms with Crippen LogP contribution in [0.5, 0.6) is 0 Å². The van der Waals surface area contributed by atoms with Crippen LogP contribution < -0.4 is 5.32 Å². The first-order valence-corrected chi connectivity index (χ1v) is 6.61. The molecule has 2 aromatic rings. The number of rotatable bonds is 4. The fourth-order valence-corrected chi connectivity index (χ4v) is 2.42. The summed E-state index contributed by atoms with van der Waals surface area (Å²) >= 11 is 0. The molecule has 0 saturated carbocycles. The summed E-state index contributed by atoms with van der Waals surface area (Å²) in [5, 5.41) is 4.41. The average molecular weight is 246 g/mol. The number of nitrogens with one attached hydrogen (secondary N) is 1. The van der Waals surface area contributed by atoms with E-state index in [0.29, 0.717) is 6.10 Å². The largest absolute Gasteiger partial charge is 0.464 e. The van der Waals surface area contributed by atoms with E-state index in [1.165, 1.54) is 19.3 Å². The van der Waals surface area contributed by atoms with E-state index in [4.69, 9.17) is 9.15 Å². The lowest BCUT2D eigenvalue weighted by atomic mass is 10.1. The minimum Gasteiger partial charge on any atom is -0.464 e. The number of nitrogens with zero attached hydrogens (tertiary/aromatic N) is 1. The third-order valence-corrected chi connectivity index (χ3v) is 3.41. The molecule has 0 aromatic carbocycles. The normalized spacial score (nSPS) is 20.1. The van der Waals surface area contributed by atoms with Crippen molar-refractivity contribution in [2.75, 3.05) is 18.5 Å². The van der Waals surface area contributed by atoms with Gasteiger partial charge in [0.2, 0.25) is 0 Å². The third-order valence-electron chi connectivity index (χ3n) is 3.41. The van der Waals surface area contributed by atoms with E-state index in [1.807, 2.05) is 12.1 Å². The van der Waals surface area contributed by atoms with Crippen molar-refractivity contribution in [1.29, 1.82) is 0 Å². The van der Waals surface area contributed by atoms with Crippen LogP contribution in [0.15, 0.2) is 29.0 Å². The van der Waals surface area contributed by atoms with Crippen molar-refractivity contribution in [2.45, 2.75) is 31.8 Å². The second kappa shape index (κ2) is 5.40. The van der Waals surface area contributed by atoms with Crippen molar-refractivity contribution < 1.29 is 9.15 Å². The number of furan rings is 1. The molecule has 1 atom stereocenters. The van der Waals surface area contributed by atoms with Crippen molar-refractivity contribution in [3.63, 3.8) is 0 Å². The van der Waals surface area contributed by atoms with Crippen molar-refractivity contribution in [3.8, 4) is 0 Å². The molecule has 4 heteroatoms. The third kappa shape index (κ3) is 2.48. The predicted octanol–water partition coefficient (Wildman–Crippen LogP) is 3.20. The number of fused-ring (bicyclic) bond motifs is 1. The Bertz CT molecular complexity index is 503. The van der Waals surface area contributed by atoms with Crippen molar-refractivity contribution >= 4 is 16.8 Å². The highest BCUT2D eigenvalue weighted by Gasteiger charge is 2.13. The Hall–Kier alpha value is -1.55. The van der Waals surface area contributed by atoms with E-state index >= 15 is 0 Å². The first-order valence-electron chi connectivity index (χ1n) is 6.61. The molecule has 96 valence electrons. The molecule has 2 aromatic heterocycles. The van der Waals surface area contributed by atoms with Crippen molar-refractivity contribution in [2.24, 2.45) is 0 Å². The predicted molar refractivity (Wildman–Crippen MR) is 70.7 cm³/mol. The number of anilines is 1. The van der Waals surface area contributed by atoms with Crippen LogP contribution in [0.25, 0.3) is 11.0 Å².